The molecule has 0 rings (SSSR count). The number of hydrogen-bond acceptors (Lipinski definition) is 5. The van der Waals surface area contributed by atoms with Crippen molar-refractivity contribution in [2.75, 3.05) is 6.61 Å². The van der Waals surface area contributed by atoms with Crippen molar-refractivity contribution in [1.82, 2.24) is 5.32 Å². The van der Waals surface area contributed by atoms with Gasteiger partial charge in [0.25, 0.3) is 0 Å². The number of hydrogen-bond donors (Lipinski definition) is 3. The summed E-state index contributed by atoms with van der Waals surface area (Å²) in [5.41, 5.74) is 0. The molecule has 0 aromatic carbocycles. The smallest absolute Gasteiger partial charge is 0.306 e. The molecule has 6 heteroatoms. The largest absolute Gasteiger partial charge is 0.462 e. The Morgan fingerprint density at radius 2 is 0.947 bits per heavy atom. The third-order valence-corrected chi connectivity index (χ3v) is 11.3. The van der Waals surface area contributed by atoms with Gasteiger partial charge in [0, 0.05) is 6.42 Å². The molecular formula is C51H95NO5. The molecule has 0 saturated heterocycles. The Hall–Kier alpha value is -1.92. The van der Waals surface area contributed by atoms with E-state index in [0.29, 0.717) is 19.3 Å². The summed E-state index contributed by atoms with van der Waals surface area (Å²) in [5, 5.41) is 23.7. The highest BCUT2D eigenvalue weighted by Crippen LogP contribution is 2.18. The number of rotatable bonds is 44. The molecule has 6 nitrogen and oxygen atoms in total. The van der Waals surface area contributed by atoms with Gasteiger partial charge in [-0.3, -0.25) is 9.59 Å². The summed E-state index contributed by atoms with van der Waals surface area (Å²) in [7, 11) is 0. The molecular weight excluding hydrogens is 707 g/mol. The summed E-state index contributed by atoms with van der Waals surface area (Å²) in [6.07, 6.45) is 52.0. The van der Waals surface area contributed by atoms with Crippen molar-refractivity contribution < 1.29 is 24.5 Å². The molecule has 0 radical (unpaired) electrons. The van der Waals surface area contributed by atoms with Gasteiger partial charge in [-0.25, -0.2) is 0 Å². The first kappa shape index (κ1) is 55.1. The van der Waals surface area contributed by atoms with Gasteiger partial charge >= 0.3 is 5.97 Å². The maximum Gasteiger partial charge on any atom is 0.306 e. The van der Waals surface area contributed by atoms with Crippen LogP contribution in [0.5, 0.6) is 0 Å². The van der Waals surface area contributed by atoms with Crippen LogP contribution in [-0.4, -0.2) is 46.9 Å². The summed E-state index contributed by atoms with van der Waals surface area (Å²) in [5.74, 6) is -0.486. The SMILES string of the molecule is CC/C=C/C=C/C=C/CCCCCCCC(CC(=O)NC(CO)C(O)CCCCCCCCCCCCCCC)OC(=O)CCCCCCCCCCCCCC. The number of aliphatic hydroxyl groups excluding tert-OH is 2. The molecule has 0 aliphatic rings. The number of nitrogens with one attached hydrogen (secondary N) is 1. The lowest BCUT2D eigenvalue weighted by atomic mass is 10.0. The minimum Gasteiger partial charge on any atom is -0.462 e. The van der Waals surface area contributed by atoms with Gasteiger partial charge in [0.1, 0.15) is 6.10 Å². The Bertz CT molecular complexity index is 946. The zero-order valence-corrected chi connectivity index (χ0v) is 38.0. The first-order valence-corrected chi connectivity index (χ1v) is 24.7. The van der Waals surface area contributed by atoms with Crippen molar-refractivity contribution in [1.29, 1.82) is 0 Å². The van der Waals surface area contributed by atoms with Gasteiger partial charge in [-0.1, -0.05) is 231 Å². The number of esters is 1. The van der Waals surface area contributed by atoms with Crippen LogP contribution in [0, 0.1) is 0 Å². The van der Waals surface area contributed by atoms with Crippen LogP contribution in [0.2, 0.25) is 0 Å². The highest BCUT2D eigenvalue weighted by molar-refractivity contribution is 5.77. The lowest BCUT2D eigenvalue weighted by Gasteiger charge is -2.24. The third-order valence-electron chi connectivity index (χ3n) is 11.3. The van der Waals surface area contributed by atoms with Crippen molar-refractivity contribution in [2.24, 2.45) is 0 Å². The van der Waals surface area contributed by atoms with E-state index in [4.69, 9.17) is 4.74 Å². The topological polar surface area (TPSA) is 95.9 Å². The quantitative estimate of drug-likeness (QED) is 0.0324. The average molecular weight is 802 g/mol. The Morgan fingerprint density at radius 3 is 1.42 bits per heavy atom. The molecule has 3 unspecified atom stereocenters. The van der Waals surface area contributed by atoms with Gasteiger partial charge in [-0.2, -0.15) is 0 Å². The number of ether oxygens (including phenoxy) is 1. The second-order valence-electron chi connectivity index (χ2n) is 16.9. The van der Waals surface area contributed by atoms with E-state index in [0.717, 1.165) is 83.5 Å². The maximum absolute atomic E-state index is 13.2. The van der Waals surface area contributed by atoms with Gasteiger partial charge in [-0.05, 0) is 44.9 Å². The van der Waals surface area contributed by atoms with Crippen LogP contribution in [0.15, 0.2) is 36.5 Å². The lowest BCUT2D eigenvalue weighted by Crippen LogP contribution is -2.46. The van der Waals surface area contributed by atoms with Crippen LogP contribution in [0.3, 0.4) is 0 Å². The molecule has 0 aromatic heterocycles. The number of amides is 1. The van der Waals surface area contributed by atoms with E-state index in [2.05, 4.69) is 62.5 Å². The molecule has 57 heavy (non-hydrogen) atoms. The van der Waals surface area contributed by atoms with Crippen LogP contribution < -0.4 is 5.32 Å². The monoisotopic (exact) mass is 802 g/mol. The van der Waals surface area contributed by atoms with Crippen LogP contribution in [0.4, 0.5) is 0 Å². The molecule has 0 bridgehead atoms. The van der Waals surface area contributed by atoms with Crippen molar-refractivity contribution in [2.45, 2.75) is 270 Å². The van der Waals surface area contributed by atoms with Gasteiger partial charge in [0.05, 0.1) is 25.2 Å². The van der Waals surface area contributed by atoms with E-state index < -0.39 is 18.2 Å². The molecule has 0 aliphatic carbocycles. The van der Waals surface area contributed by atoms with E-state index in [1.165, 1.54) is 122 Å². The highest BCUT2D eigenvalue weighted by Gasteiger charge is 2.24. The van der Waals surface area contributed by atoms with Crippen molar-refractivity contribution in [3.63, 3.8) is 0 Å². The Labute approximate surface area is 353 Å². The molecule has 334 valence electrons. The van der Waals surface area contributed by atoms with Crippen molar-refractivity contribution in [3.8, 4) is 0 Å². The average Bonchev–Trinajstić information content (AvgIpc) is 3.20. The fourth-order valence-electron chi connectivity index (χ4n) is 7.55. The standard InChI is InChI=1S/C51H95NO5/c1-4-7-10-13-16-19-22-25-27-30-33-36-39-42-47(57-51(56)44-41-38-35-32-29-24-21-18-15-12-9-6-3)45-50(55)52-48(46-53)49(54)43-40-37-34-31-28-26-23-20-17-14-11-8-5-2/h7,10,13,16,19,22,47-49,53-54H,4-6,8-9,11-12,14-15,17-18,20-21,23-46H2,1-3H3,(H,52,55)/b10-7+,16-13+,22-19+. The van der Waals surface area contributed by atoms with Gasteiger partial charge < -0.3 is 20.3 Å². The molecule has 0 aliphatic heterocycles. The first-order chi connectivity index (χ1) is 28.0. The Balaban J connectivity index is 4.58. The predicted octanol–water partition coefficient (Wildman–Crippen LogP) is 14.5. The summed E-state index contributed by atoms with van der Waals surface area (Å²) in [4.78, 5) is 26.1. The van der Waals surface area contributed by atoms with Crippen LogP contribution in [-0.2, 0) is 14.3 Å². The number of unbranched alkanes of at least 4 members (excludes halogenated alkanes) is 28. The van der Waals surface area contributed by atoms with E-state index in [9.17, 15) is 19.8 Å². The van der Waals surface area contributed by atoms with Gasteiger partial charge in [-0.15, -0.1) is 0 Å². The summed E-state index contributed by atoms with van der Waals surface area (Å²) in [6, 6.07) is -0.704. The first-order valence-electron chi connectivity index (χ1n) is 24.7. The number of carbonyl (C=O) groups excluding carboxylic acids is 2. The summed E-state index contributed by atoms with van der Waals surface area (Å²) in [6.45, 7) is 6.35. The second-order valence-corrected chi connectivity index (χ2v) is 16.9. The summed E-state index contributed by atoms with van der Waals surface area (Å²) < 4.78 is 5.91. The van der Waals surface area contributed by atoms with E-state index >= 15 is 0 Å². The number of carbonyl (C=O) groups is 2. The molecule has 0 heterocycles. The maximum atomic E-state index is 13.2. The molecule has 0 saturated carbocycles. The van der Waals surface area contributed by atoms with Crippen molar-refractivity contribution in [3.05, 3.63) is 36.5 Å². The Kier molecular flexibility index (Phi) is 43.6. The molecule has 0 spiro atoms. The zero-order valence-electron chi connectivity index (χ0n) is 38.0. The van der Waals surface area contributed by atoms with E-state index in [1.807, 2.05) is 0 Å². The molecule has 0 aromatic rings. The fourth-order valence-corrected chi connectivity index (χ4v) is 7.55. The van der Waals surface area contributed by atoms with Crippen molar-refractivity contribution >= 4 is 11.9 Å². The van der Waals surface area contributed by atoms with Crippen LogP contribution >= 0.6 is 0 Å². The zero-order chi connectivity index (χ0) is 41.7. The normalized spacial score (nSPS) is 13.6. The molecule has 1 amide bonds. The number of allylic oxidation sites excluding steroid dienone is 6. The molecule has 0 fully saturated rings. The number of aliphatic hydroxyl groups is 2. The second kappa shape index (κ2) is 45.2. The minimum absolute atomic E-state index is 0.0674. The predicted molar refractivity (Wildman–Crippen MR) is 246 cm³/mol. The van der Waals surface area contributed by atoms with Crippen LogP contribution in [0.1, 0.15) is 252 Å². The lowest BCUT2D eigenvalue weighted by molar-refractivity contribution is -0.151. The summed E-state index contributed by atoms with van der Waals surface area (Å²) >= 11 is 0. The highest BCUT2D eigenvalue weighted by atomic mass is 16.5. The van der Waals surface area contributed by atoms with E-state index in [-0.39, 0.29) is 24.9 Å². The van der Waals surface area contributed by atoms with Gasteiger partial charge in [0.15, 0.2) is 0 Å². The molecule has 3 atom stereocenters. The van der Waals surface area contributed by atoms with Gasteiger partial charge in [0.2, 0.25) is 5.91 Å². The minimum atomic E-state index is -0.790. The van der Waals surface area contributed by atoms with Crippen LogP contribution in [0.25, 0.3) is 0 Å². The molecule has 3 N–H and O–H groups in total. The Morgan fingerprint density at radius 1 is 0.526 bits per heavy atom. The third kappa shape index (κ3) is 40.6. The van der Waals surface area contributed by atoms with E-state index in [1.54, 1.807) is 0 Å². The fraction of sp³-hybridized carbons (Fsp3) is 0.843.